The summed E-state index contributed by atoms with van der Waals surface area (Å²) in [5.41, 5.74) is 0.616. The van der Waals surface area contributed by atoms with Gasteiger partial charge in [-0.05, 0) is 81.8 Å². The standard InChI is InChI=1S/C19H23FN2OS/c1-11-8-15-13(9-14(11)20)10-16(24-15)18(23)21-17-12-4-6-22(7-5-12)19(17,2)3/h8-10,12,17H,4-7H2,1-3H3,(H,21,23)/t17-/m0/s1. The molecule has 1 amide bonds. The third-order valence-electron chi connectivity index (χ3n) is 5.90. The number of thiophene rings is 1. The maximum absolute atomic E-state index is 13.7. The predicted octanol–water partition coefficient (Wildman–Crippen LogP) is 3.95. The van der Waals surface area contributed by atoms with Gasteiger partial charge in [0.05, 0.1) is 4.88 Å². The van der Waals surface area contributed by atoms with Gasteiger partial charge in [-0.25, -0.2) is 4.39 Å². The van der Waals surface area contributed by atoms with Crippen LogP contribution in [0.15, 0.2) is 18.2 Å². The maximum Gasteiger partial charge on any atom is 0.261 e. The fourth-order valence-electron chi connectivity index (χ4n) is 4.36. The van der Waals surface area contributed by atoms with Gasteiger partial charge in [-0.3, -0.25) is 9.69 Å². The second-order valence-electron chi connectivity index (χ2n) is 7.68. The smallest absolute Gasteiger partial charge is 0.261 e. The number of carbonyl (C=O) groups is 1. The second-order valence-corrected chi connectivity index (χ2v) is 8.76. The summed E-state index contributed by atoms with van der Waals surface area (Å²) >= 11 is 1.44. The molecule has 2 bridgehead atoms. The van der Waals surface area contributed by atoms with E-state index < -0.39 is 0 Å². The third-order valence-corrected chi connectivity index (χ3v) is 6.99. The van der Waals surface area contributed by atoms with Gasteiger partial charge in [0.15, 0.2) is 0 Å². The van der Waals surface area contributed by atoms with E-state index in [1.165, 1.54) is 17.4 Å². The van der Waals surface area contributed by atoms with Crippen molar-refractivity contribution in [1.29, 1.82) is 0 Å². The summed E-state index contributed by atoms with van der Waals surface area (Å²) in [6.45, 7) is 8.47. The van der Waals surface area contributed by atoms with Crippen LogP contribution in [0.1, 0.15) is 41.9 Å². The quantitative estimate of drug-likeness (QED) is 0.893. The van der Waals surface area contributed by atoms with Crippen LogP contribution in [0.2, 0.25) is 0 Å². The lowest BCUT2D eigenvalue weighted by Crippen LogP contribution is -2.69. The molecule has 0 radical (unpaired) electrons. The van der Waals surface area contributed by atoms with Crippen molar-refractivity contribution in [2.24, 2.45) is 5.92 Å². The van der Waals surface area contributed by atoms with Gasteiger partial charge in [0.1, 0.15) is 5.82 Å². The van der Waals surface area contributed by atoms with Crippen LogP contribution in [0.25, 0.3) is 10.1 Å². The number of benzene rings is 1. The number of hydrogen-bond donors (Lipinski definition) is 1. The predicted molar refractivity (Wildman–Crippen MR) is 96.2 cm³/mol. The summed E-state index contributed by atoms with van der Waals surface area (Å²) in [5, 5.41) is 4.09. The van der Waals surface area contributed by atoms with Crippen LogP contribution in [-0.2, 0) is 0 Å². The molecule has 5 heteroatoms. The van der Waals surface area contributed by atoms with Crippen LogP contribution in [-0.4, -0.2) is 35.5 Å². The number of amides is 1. The van der Waals surface area contributed by atoms with Crippen molar-refractivity contribution in [3.8, 4) is 0 Å². The van der Waals surface area contributed by atoms with Crippen LogP contribution in [0.5, 0.6) is 0 Å². The molecule has 3 fully saturated rings. The summed E-state index contributed by atoms with van der Waals surface area (Å²) in [7, 11) is 0. The average molecular weight is 346 g/mol. The number of hydrogen-bond acceptors (Lipinski definition) is 3. The lowest BCUT2D eigenvalue weighted by Gasteiger charge is -2.56. The van der Waals surface area contributed by atoms with Gasteiger partial charge in [0, 0.05) is 16.3 Å². The lowest BCUT2D eigenvalue weighted by molar-refractivity contribution is -0.0377. The van der Waals surface area contributed by atoms with Gasteiger partial charge in [-0.1, -0.05) is 0 Å². The largest absolute Gasteiger partial charge is 0.346 e. The molecule has 1 aromatic heterocycles. The Kier molecular flexibility index (Phi) is 3.69. The molecule has 128 valence electrons. The van der Waals surface area contributed by atoms with Crippen molar-refractivity contribution < 1.29 is 9.18 Å². The Balaban J connectivity index is 1.60. The molecule has 3 saturated heterocycles. The minimum Gasteiger partial charge on any atom is -0.346 e. The number of carbonyl (C=O) groups excluding carboxylic acids is 1. The van der Waals surface area contributed by atoms with Gasteiger partial charge in [-0.15, -0.1) is 11.3 Å². The van der Waals surface area contributed by atoms with Gasteiger partial charge < -0.3 is 5.32 Å². The van der Waals surface area contributed by atoms with E-state index in [-0.39, 0.29) is 23.3 Å². The number of fused-ring (bicyclic) bond motifs is 4. The highest BCUT2D eigenvalue weighted by atomic mass is 32.1. The van der Waals surface area contributed by atoms with Crippen molar-refractivity contribution in [3.05, 3.63) is 34.5 Å². The van der Waals surface area contributed by atoms with Crippen LogP contribution in [0.3, 0.4) is 0 Å². The SMILES string of the molecule is Cc1cc2sc(C(=O)N[C@H]3C4CCN(CC4)C3(C)C)cc2cc1F. The third kappa shape index (κ3) is 2.45. The minimum absolute atomic E-state index is 0.00376. The van der Waals surface area contributed by atoms with Crippen LogP contribution >= 0.6 is 11.3 Å². The second kappa shape index (κ2) is 5.53. The summed E-state index contributed by atoms with van der Waals surface area (Å²) in [5.74, 6) is 0.315. The van der Waals surface area contributed by atoms with Crippen molar-refractivity contribution in [2.75, 3.05) is 13.1 Å². The zero-order valence-electron chi connectivity index (χ0n) is 14.4. The normalized spacial score (nSPS) is 28.2. The fourth-order valence-corrected chi connectivity index (χ4v) is 5.41. The van der Waals surface area contributed by atoms with Gasteiger partial charge in [0.25, 0.3) is 5.91 Å². The molecular weight excluding hydrogens is 323 g/mol. The van der Waals surface area contributed by atoms with E-state index in [9.17, 15) is 9.18 Å². The minimum atomic E-state index is -0.217. The van der Waals surface area contributed by atoms with E-state index in [4.69, 9.17) is 0 Å². The number of rotatable bonds is 2. The molecule has 0 unspecified atom stereocenters. The number of nitrogens with one attached hydrogen (secondary N) is 1. The molecule has 3 aliphatic heterocycles. The molecule has 1 N–H and O–H groups in total. The molecule has 4 heterocycles. The molecule has 3 nitrogen and oxygen atoms in total. The highest BCUT2D eigenvalue weighted by Crippen LogP contribution is 2.39. The van der Waals surface area contributed by atoms with E-state index in [0.29, 0.717) is 16.4 Å². The topological polar surface area (TPSA) is 32.3 Å². The molecule has 0 saturated carbocycles. The Bertz CT molecular complexity index is 766. The first-order valence-corrected chi connectivity index (χ1v) is 9.43. The van der Waals surface area contributed by atoms with Crippen LogP contribution in [0.4, 0.5) is 4.39 Å². The zero-order chi connectivity index (χ0) is 17.1. The molecular formula is C19H23FN2OS. The zero-order valence-corrected chi connectivity index (χ0v) is 15.2. The first kappa shape index (κ1) is 16.0. The molecule has 3 aliphatic rings. The molecule has 2 aromatic rings. The van der Waals surface area contributed by atoms with Crippen LogP contribution < -0.4 is 5.32 Å². The average Bonchev–Trinajstić information content (AvgIpc) is 2.94. The van der Waals surface area contributed by atoms with E-state index in [2.05, 4.69) is 24.1 Å². The van der Waals surface area contributed by atoms with E-state index in [1.807, 2.05) is 12.1 Å². The molecule has 0 spiro atoms. The Morgan fingerprint density at radius 2 is 2.00 bits per heavy atom. The first-order chi connectivity index (χ1) is 11.4. The van der Waals surface area contributed by atoms with Gasteiger partial charge in [0.2, 0.25) is 0 Å². The highest BCUT2D eigenvalue weighted by molar-refractivity contribution is 7.20. The number of piperidine rings is 3. The Morgan fingerprint density at radius 1 is 1.29 bits per heavy atom. The summed E-state index contributed by atoms with van der Waals surface area (Å²) in [6, 6.07) is 5.34. The number of aryl methyl sites for hydroxylation is 1. The summed E-state index contributed by atoms with van der Waals surface area (Å²) < 4.78 is 14.7. The van der Waals surface area contributed by atoms with Gasteiger partial charge >= 0.3 is 0 Å². The van der Waals surface area contributed by atoms with E-state index in [1.54, 1.807) is 6.92 Å². The highest BCUT2D eigenvalue weighted by Gasteiger charge is 2.48. The number of nitrogens with zero attached hydrogens (tertiary/aromatic N) is 1. The first-order valence-electron chi connectivity index (χ1n) is 8.62. The maximum atomic E-state index is 13.7. The van der Waals surface area contributed by atoms with Crippen molar-refractivity contribution >= 4 is 27.3 Å². The van der Waals surface area contributed by atoms with E-state index in [0.717, 1.165) is 36.0 Å². The van der Waals surface area contributed by atoms with E-state index >= 15 is 0 Å². The molecule has 5 rings (SSSR count). The Morgan fingerprint density at radius 3 is 2.67 bits per heavy atom. The lowest BCUT2D eigenvalue weighted by atomic mass is 9.72. The number of halogens is 1. The fraction of sp³-hybridized carbons (Fsp3) is 0.526. The molecule has 24 heavy (non-hydrogen) atoms. The van der Waals surface area contributed by atoms with Crippen molar-refractivity contribution in [3.63, 3.8) is 0 Å². The summed E-state index contributed by atoms with van der Waals surface area (Å²) in [6.07, 6.45) is 2.32. The summed E-state index contributed by atoms with van der Waals surface area (Å²) in [4.78, 5) is 16.0. The molecule has 0 aliphatic carbocycles. The Hall–Kier alpha value is -1.46. The molecule has 1 aromatic carbocycles. The van der Waals surface area contributed by atoms with Gasteiger partial charge in [-0.2, -0.15) is 0 Å². The van der Waals surface area contributed by atoms with Crippen LogP contribution in [0, 0.1) is 18.7 Å². The Labute approximate surface area is 145 Å². The monoisotopic (exact) mass is 346 g/mol. The van der Waals surface area contributed by atoms with Crippen molar-refractivity contribution in [2.45, 2.75) is 45.2 Å². The molecule has 1 atom stereocenters. The van der Waals surface area contributed by atoms with Crippen molar-refractivity contribution in [1.82, 2.24) is 10.2 Å².